The second-order valence-corrected chi connectivity index (χ2v) is 28.7. The molecule has 668 valence electrons. The van der Waals surface area contributed by atoms with Crippen molar-refractivity contribution in [3.05, 3.63) is 343 Å². The number of benzene rings is 9. The number of carboxylic acid groups (broad SMARTS) is 2. The Balaban J connectivity index is 0. The number of aliphatic hydroxyl groups excluding tert-OH is 3. The van der Waals surface area contributed by atoms with Crippen LogP contribution in [0.3, 0.4) is 0 Å². The van der Waals surface area contributed by atoms with Gasteiger partial charge >= 0.3 is 23.9 Å². The van der Waals surface area contributed by atoms with Crippen LogP contribution in [0.25, 0.3) is 24.3 Å². The fraction of sp³-hybridized carbons (Fsp3) is 0.382. The number of aldehydes is 2. The van der Waals surface area contributed by atoms with Crippen LogP contribution in [0.15, 0.2) is 243 Å². The first-order chi connectivity index (χ1) is 58.9. The van der Waals surface area contributed by atoms with E-state index in [2.05, 4.69) is 85.7 Å². The molecule has 0 atom stereocenters. The number of esters is 2. The molecule has 0 aliphatic carbocycles. The second kappa shape index (κ2) is 77.1. The summed E-state index contributed by atoms with van der Waals surface area (Å²) >= 11 is 0. The third-order valence-corrected chi connectivity index (χ3v) is 19.1. The van der Waals surface area contributed by atoms with E-state index >= 15 is 0 Å². The van der Waals surface area contributed by atoms with Gasteiger partial charge in [-0.3, -0.25) is 9.59 Å². The molecule has 0 fully saturated rings. The van der Waals surface area contributed by atoms with Crippen molar-refractivity contribution in [3.8, 4) is 0 Å². The zero-order valence-electron chi connectivity index (χ0n) is 74.6. The van der Waals surface area contributed by atoms with Crippen LogP contribution in [0.2, 0.25) is 0 Å². The molecule has 0 aliphatic rings. The van der Waals surface area contributed by atoms with Gasteiger partial charge in [-0.2, -0.15) is 0 Å². The molecule has 0 amide bonds. The highest BCUT2D eigenvalue weighted by atomic mass is 16.5. The Labute approximate surface area is 741 Å². The molecular weight excluding hydrogens is 1530 g/mol. The lowest BCUT2D eigenvalue weighted by atomic mass is 10.0. The molecule has 9 rings (SSSR count). The van der Waals surface area contributed by atoms with Crippen LogP contribution in [0.5, 0.6) is 0 Å². The summed E-state index contributed by atoms with van der Waals surface area (Å²) in [5.41, 5.74) is 20.1. The van der Waals surface area contributed by atoms with Crippen molar-refractivity contribution in [1.29, 1.82) is 0 Å². The predicted molar refractivity (Wildman–Crippen MR) is 518 cm³/mol. The number of hydrogen-bond donors (Lipinski definition) is 5. The fourth-order valence-electron chi connectivity index (χ4n) is 12.5. The minimum absolute atomic E-state index is 0. The van der Waals surface area contributed by atoms with Crippen molar-refractivity contribution in [2.24, 2.45) is 0 Å². The van der Waals surface area contributed by atoms with Crippen molar-refractivity contribution in [2.75, 3.05) is 13.2 Å². The van der Waals surface area contributed by atoms with Gasteiger partial charge in [-0.15, -0.1) is 0 Å². The topological polar surface area (TPSA) is 222 Å². The number of hydrogen-bond acceptors (Lipinski definition) is 11. The smallest absolute Gasteiger partial charge is 0.330 e. The summed E-state index contributed by atoms with van der Waals surface area (Å²) in [5.74, 6) is -2.37. The third kappa shape index (κ3) is 54.2. The summed E-state index contributed by atoms with van der Waals surface area (Å²) in [6.07, 6.45) is 41.6. The van der Waals surface area contributed by atoms with Crippen molar-refractivity contribution < 1.29 is 63.8 Å². The number of aryl methyl sites for hydroxylation is 9. The van der Waals surface area contributed by atoms with Gasteiger partial charge in [-0.05, 0) is 211 Å². The molecule has 0 unspecified atom stereocenters. The zero-order valence-corrected chi connectivity index (χ0v) is 74.6. The number of carboxylic acids is 2. The quantitative estimate of drug-likeness (QED) is 0.0105. The van der Waals surface area contributed by atoms with Crippen LogP contribution in [0.4, 0.5) is 0 Å². The number of carbonyl (C=O) groups is 6. The molecule has 9 aromatic rings. The monoisotopic (exact) mass is 1680 g/mol. The summed E-state index contributed by atoms with van der Waals surface area (Å²) in [4.78, 5) is 64.4. The number of carbonyl (C=O) groups excluding carboxylic acids is 4. The van der Waals surface area contributed by atoms with Gasteiger partial charge in [-0.25, -0.2) is 19.2 Å². The average molecular weight is 1680 g/mol. The molecule has 0 aliphatic heterocycles. The maximum Gasteiger partial charge on any atom is 0.330 e. The van der Waals surface area contributed by atoms with Gasteiger partial charge in [0.25, 0.3) is 0 Å². The molecular formula is C110H150O13. The summed E-state index contributed by atoms with van der Waals surface area (Å²) in [6, 6.07) is 71.7. The first-order valence-electron chi connectivity index (χ1n) is 43.8. The van der Waals surface area contributed by atoms with Crippen LogP contribution in [-0.2, 0) is 99.8 Å². The van der Waals surface area contributed by atoms with E-state index in [4.69, 9.17) is 35.0 Å². The first-order valence-corrected chi connectivity index (χ1v) is 43.8. The van der Waals surface area contributed by atoms with Crippen molar-refractivity contribution >= 4 is 60.8 Å². The highest BCUT2D eigenvalue weighted by molar-refractivity contribution is 5.88. The van der Waals surface area contributed by atoms with Gasteiger partial charge < -0.3 is 35.0 Å². The summed E-state index contributed by atoms with van der Waals surface area (Å²) < 4.78 is 9.71. The van der Waals surface area contributed by atoms with Crippen LogP contribution in [-0.4, -0.2) is 75.2 Å². The molecule has 0 aromatic heterocycles. The Bertz CT molecular complexity index is 4370. The minimum atomic E-state index is -0.906. The molecule has 0 saturated carbocycles. The number of rotatable bonds is 39. The molecule has 0 heterocycles. The summed E-state index contributed by atoms with van der Waals surface area (Å²) in [7, 11) is 0. The van der Waals surface area contributed by atoms with Crippen molar-refractivity contribution in [3.63, 3.8) is 0 Å². The average Bonchev–Trinajstić information content (AvgIpc) is 0.864. The standard InChI is InChI=1S/C16H22O2.2C14H18O2.C12H14O2.C12H18O.C12H16O.C10H14O.C10H12O.C8H10O.2CH4/c1-3-5-6-9-14-10-7-8-11-15(14)12-13-16(17)18-4-2;1-3-7-12-8-5-6-9-13(12)10-11-14(15)16-4-2;1-2-3-4-7-12-8-5-6-9-13(12)10-11-14(15)16;1-2-5-10-6-3-4-7-11(10)8-9-12(13)14;2*1-2-3-4-7-11-8-5-6-9-12(11)10-13;2*1-2-5-9-6-3-4-7-10(9)8-11;1-7-4-2-3-5-8(7)6-9;;/h7-8,10-13H,3-6,9H2,1-2H3;5-6,8-11H,3-4,7H2,1-2H3;5-6,8-11H,2-4,7H2,1H3,(H,15,16);3-4,6-9H,2,5H2,1H3,(H,13,14);5-6,8-9,13H,2-4,7,10H2,1H3;5-6,8-10H,2-4,7H2,1H3;3-4,6-7,11H,2,5,8H2,1H3;3-4,6-8H,2,5H2,1H3;2-5,9H,6H2,1H3;2*1H4/b13-12+;2*11-10+;9-8+;;;;;;;. The van der Waals surface area contributed by atoms with Crippen LogP contribution < -0.4 is 0 Å². The largest absolute Gasteiger partial charge is 0.478 e. The highest BCUT2D eigenvalue weighted by Gasteiger charge is 2.07. The fourth-order valence-corrected chi connectivity index (χ4v) is 12.5. The molecule has 123 heavy (non-hydrogen) atoms. The van der Waals surface area contributed by atoms with Gasteiger partial charge in [0.1, 0.15) is 12.6 Å². The number of unbranched alkanes of at least 4 members (excludes halogenated alkanes) is 8. The Morgan fingerprint density at radius 3 is 0.724 bits per heavy atom. The first kappa shape index (κ1) is 114. The van der Waals surface area contributed by atoms with E-state index in [1.165, 1.54) is 134 Å². The van der Waals surface area contributed by atoms with Crippen LogP contribution in [0.1, 0.15) is 297 Å². The maximum absolute atomic E-state index is 11.3. The van der Waals surface area contributed by atoms with Gasteiger partial charge in [0.15, 0.2) is 0 Å². The SMILES string of the molecule is C.C.CCCCCc1ccccc1/C=C/C(=O)O.CCCCCc1ccccc1/C=C/C(=O)OCC.CCCCCc1ccccc1C=O.CCCCCc1ccccc1CO.CCCc1ccccc1/C=C/C(=O)O.CCCc1ccccc1/C=C/C(=O)OCC.CCCc1ccccc1C=O.CCCc1ccccc1CO.Cc1ccccc1CO. The molecule has 13 nitrogen and oxygen atoms in total. The number of aliphatic hydroxyl groups is 3. The highest BCUT2D eigenvalue weighted by Crippen LogP contribution is 2.20. The summed E-state index contributed by atoms with van der Waals surface area (Å²) in [5, 5.41) is 43.8. The van der Waals surface area contributed by atoms with E-state index in [0.717, 1.165) is 157 Å². The Morgan fingerprint density at radius 1 is 0.260 bits per heavy atom. The van der Waals surface area contributed by atoms with E-state index < -0.39 is 11.9 Å². The molecule has 0 radical (unpaired) electrons. The lowest BCUT2D eigenvalue weighted by Crippen LogP contribution is -1.99. The summed E-state index contributed by atoms with van der Waals surface area (Å²) in [6.45, 7) is 24.2. The maximum atomic E-state index is 11.3. The third-order valence-electron chi connectivity index (χ3n) is 19.1. The van der Waals surface area contributed by atoms with E-state index in [1.54, 1.807) is 19.1 Å². The second-order valence-electron chi connectivity index (χ2n) is 28.7. The number of aliphatic carboxylic acids is 2. The van der Waals surface area contributed by atoms with E-state index in [9.17, 15) is 28.8 Å². The Morgan fingerprint density at radius 2 is 0.472 bits per heavy atom. The molecule has 13 heteroatoms. The molecule has 0 spiro atoms. The van der Waals surface area contributed by atoms with Gasteiger partial charge in [-0.1, -0.05) is 366 Å². The van der Waals surface area contributed by atoms with E-state index in [1.807, 2.05) is 214 Å². The molecule has 9 aromatic carbocycles. The Hall–Kier alpha value is -11.0. The van der Waals surface area contributed by atoms with Gasteiger partial charge in [0.2, 0.25) is 0 Å². The van der Waals surface area contributed by atoms with E-state index in [-0.39, 0.29) is 46.6 Å². The van der Waals surface area contributed by atoms with Crippen LogP contribution >= 0.6 is 0 Å². The van der Waals surface area contributed by atoms with Crippen molar-refractivity contribution in [2.45, 2.75) is 265 Å². The number of ether oxygens (including phenoxy) is 2. The lowest BCUT2D eigenvalue weighted by Gasteiger charge is -2.05. The predicted octanol–water partition coefficient (Wildman–Crippen LogP) is 27.0. The Kier molecular flexibility index (Phi) is 71.5. The molecule has 0 bridgehead atoms. The normalized spacial score (nSPS) is 10.2. The lowest BCUT2D eigenvalue weighted by molar-refractivity contribution is -0.138. The minimum Gasteiger partial charge on any atom is -0.478 e. The van der Waals surface area contributed by atoms with Gasteiger partial charge in [0.05, 0.1) is 33.0 Å². The van der Waals surface area contributed by atoms with Crippen molar-refractivity contribution in [1.82, 2.24) is 0 Å². The zero-order chi connectivity index (χ0) is 89.1. The van der Waals surface area contributed by atoms with E-state index in [0.29, 0.717) is 13.2 Å². The molecule has 0 saturated heterocycles. The molecule has 5 N–H and O–H groups in total. The van der Waals surface area contributed by atoms with Gasteiger partial charge in [0, 0.05) is 35.4 Å². The van der Waals surface area contributed by atoms with Crippen LogP contribution in [0, 0.1) is 6.92 Å².